The van der Waals surface area contributed by atoms with Crippen molar-refractivity contribution in [3.63, 3.8) is 0 Å². The summed E-state index contributed by atoms with van der Waals surface area (Å²) in [5, 5.41) is 0. The third kappa shape index (κ3) is 1.57. The van der Waals surface area contributed by atoms with E-state index in [1.165, 1.54) is 0 Å². The maximum atomic E-state index is 14.1. The fourth-order valence-corrected chi connectivity index (χ4v) is 2.53. The molecule has 5 heteroatoms. The highest BCUT2D eigenvalue weighted by atomic mass is 79.9. The van der Waals surface area contributed by atoms with Crippen LogP contribution in [0.4, 0.5) is 4.39 Å². The SMILES string of the molecule is Cc1nc2n(c1C)CCOc1c-2ccc(Br)c1F. The van der Waals surface area contributed by atoms with E-state index in [0.29, 0.717) is 23.2 Å². The van der Waals surface area contributed by atoms with E-state index < -0.39 is 0 Å². The van der Waals surface area contributed by atoms with E-state index in [2.05, 4.69) is 25.5 Å². The first-order valence-corrected chi connectivity index (χ1v) is 6.54. The Balaban J connectivity index is 2.31. The Morgan fingerprint density at radius 1 is 1.39 bits per heavy atom. The molecule has 0 N–H and O–H groups in total. The van der Waals surface area contributed by atoms with E-state index in [1.54, 1.807) is 6.07 Å². The molecule has 0 atom stereocenters. The molecule has 1 aromatic carbocycles. The maximum absolute atomic E-state index is 14.1. The summed E-state index contributed by atoms with van der Waals surface area (Å²) in [6.45, 7) is 5.12. The maximum Gasteiger partial charge on any atom is 0.179 e. The molecule has 2 heterocycles. The number of imidazole rings is 1. The lowest BCUT2D eigenvalue weighted by Gasteiger charge is -2.08. The van der Waals surface area contributed by atoms with Crippen molar-refractivity contribution in [1.82, 2.24) is 9.55 Å². The van der Waals surface area contributed by atoms with Crippen LogP contribution in [0.15, 0.2) is 16.6 Å². The molecule has 0 bridgehead atoms. The number of hydrogen-bond donors (Lipinski definition) is 0. The van der Waals surface area contributed by atoms with Gasteiger partial charge < -0.3 is 9.30 Å². The van der Waals surface area contributed by atoms with Gasteiger partial charge in [-0.2, -0.15) is 0 Å². The van der Waals surface area contributed by atoms with Crippen molar-refractivity contribution in [2.24, 2.45) is 0 Å². The van der Waals surface area contributed by atoms with Crippen molar-refractivity contribution in [3.05, 3.63) is 33.8 Å². The van der Waals surface area contributed by atoms with Crippen molar-refractivity contribution >= 4 is 15.9 Å². The number of hydrogen-bond acceptors (Lipinski definition) is 2. The molecule has 0 radical (unpaired) electrons. The molecule has 0 saturated carbocycles. The highest BCUT2D eigenvalue weighted by Crippen LogP contribution is 2.37. The van der Waals surface area contributed by atoms with E-state index in [9.17, 15) is 4.39 Å². The first-order chi connectivity index (χ1) is 8.59. The van der Waals surface area contributed by atoms with Gasteiger partial charge >= 0.3 is 0 Å². The van der Waals surface area contributed by atoms with E-state index in [4.69, 9.17) is 4.74 Å². The number of nitrogens with zero attached hydrogens (tertiary/aromatic N) is 2. The molecule has 3 nitrogen and oxygen atoms in total. The van der Waals surface area contributed by atoms with Gasteiger partial charge in [0, 0.05) is 5.69 Å². The largest absolute Gasteiger partial charge is 0.488 e. The van der Waals surface area contributed by atoms with Gasteiger partial charge in [0.1, 0.15) is 12.4 Å². The normalized spacial score (nSPS) is 13.6. The van der Waals surface area contributed by atoms with Crippen LogP contribution in [0.2, 0.25) is 0 Å². The topological polar surface area (TPSA) is 27.1 Å². The van der Waals surface area contributed by atoms with Crippen molar-refractivity contribution < 1.29 is 9.13 Å². The molecule has 2 aromatic rings. The van der Waals surface area contributed by atoms with Gasteiger partial charge in [-0.1, -0.05) is 0 Å². The monoisotopic (exact) mass is 310 g/mol. The average Bonchev–Trinajstić information content (AvgIpc) is 2.54. The first kappa shape index (κ1) is 11.7. The minimum absolute atomic E-state index is 0.285. The van der Waals surface area contributed by atoms with Gasteiger partial charge in [-0.15, -0.1) is 0 Å². The van der Waals surface area contributed by atoms with Crippen LogP contribution in [0.1, 0.15) is 11.4 Å². The van der Waals surface area contributed by atoms with Gasteiger partial charge in [0.25, 0.3) is 0 Å². The smallest absolute Gasteiger partial charge is 0.179 e. The molecule has 1 aliphatic rings. The second kappa shape index (κ2) is 4.09. The number of benzene rings is 1. The summed E-state index contributed by atoms with van der Waals surface area (Å²) in [5.74, 6) is 0.705. The van der Waals surface area contributed by atoms with E-state index in [0.717, 1.165) is 17.2 Å². The highest BCUT2D eigenvalue weighted by Gasteiger charge is 2.23. The molecular formula is C13H12BrFN2O. The summed E-state index contributed by atoms with van der Waals surface area (Å²) in [7, 11) is 0. The van der Waals surface area contributed by atoms with Crippen LogP contribution in [0.3, 0.4) is 0 Å². The zero-order valence-corrected chi connectivity index (χ0v) is 11.7. The van der Waals surface area contributed by atoms with Crippen LogP contribution in [0.25, 0.3) is 11.4 Å². The lowest BCUT2D eigenvalue weighted by atomic mass is 10.2. The summed E-state index contributed by atoms with van der Waals surface area (Å²) >= 11 is 3.18. The Kier molecular flexibility index (Phi) is 2.66. The fraction of sp³-hybridized carbons (Fsp3) is 0.308. The van der Waals surface area contributed by atoms with Crippen molar-refractivity contribution in [2.45, 2.75) is 20.4 Å². The van der Waals surface area contributed by atoms with Gasteiger partial charge in [0.15, 0.2) is 11.6 Å². The molecule has 94 valence electrons. The van der Waals surface area contributed by atoms with Gasteiger partial charge in [-0.25, -0.2) is 9.37 Å². The number of halogens is 2. The number of aromatic nitrogens is 2. The summed E-state index contributed by atoms with van der Waals surface area (Å²) in [4.78, 5) is 4.52. The highest BCUT2D eigenvalue weighted by molar-refractivity contribution is 9.10. The van der Waals surface area contributed by atoms with Gasteiger partial charge in [-0.3, -0.25) is 0 Å². The van der Waals surface area contributed by atoms with Crippen LogP contribution in [-0.4, -0.2) is 16.2 Å². The molecule has 0 fully saturated rings. The molecule has 0 unspecified atom stereocenters. The molecule has 0 amide bonds. The standard InChI is InChI=1S/C13H12BrFN2O/c1-7-8(2)17-5-6-18-12-9(13(17)16-7)3-4-10(14)11(12)15/h3-4H,5-6H2,1-2H3. The quantitative estimate of drug-likeness (QED) is 0.745. The Morgan fingerprint density at radius 3 is 2.94 bits per heavy atom. The molecule has 3 rings (SSSR count). The van der Waals surface area contributed by atoms with Crippen molar-refractivity contribution in [3.8, 4) is 17.1 Å². The Bertz CT molecular complexity index is 636. The molecule has 0 aliphatic carbocycles. The summed E-state index contributed by atoms with van der Waals surface area (Å²) in [6, 6.07) is 3.53. The molecule has 1 aliphatic heterocycles. The van der Waals surface area contributed by atoms with Crippen LogP contribution >= 0.6 is 15.9 Å². The van der Waals surface area contributed by atoms with Crippen molar-refractivity contribution in [1.29, 1.82) is 0 Å². The number of rotatable bonds is 0. The Hall–Kier alpha value is -1.36. The number of ether oxygens (including phenoxy) is 1. The third-order valence-electron chi connectivity index (χ3n) is 3.31. The van der Waals surface area contributed by atoms with E-state index in [1.807, 2.05) is 19.9 Å². The second-order valence-corrected chi connectivity index (χ2v) is 5.20. The molecule has 0 saturated heterocycles. The molecular weight excluding hydrogens is 299 g/mol. The third-order valence-corrected chi connectivity index (χ3v) is 3.92. The van der Waals surface area contributed by atoms with E-state index >= 15 is 0 Å². The lowest BCUT2D eigenvalue weighted by Crippen LogP contribution is -2.07. The van der Waals surface area contributed by atoms with Crippen LogP contribution in [0, 0.1) is 19.7 Å². The van der Waals surface area contributed by atoms with E-state index in [-0.39, 0.29) is 11.6 Å². The average molecular weight is 311 g/mol. The second-order valence-electron chi connectivity index (χ2n) is 4.34. The predicted molar refractivity (Wildman–Crippen MR) is 70.3 cm³/mol. The fourth-order valence-electron chi connectivity index (χ4n) is 2.22. The molecule has 0 spiro atoms. The zero-order valence-electron chi connectivity index (χ0n) is 10.1. The Morgan fingerprint density at radius 2 is 2.17 bits per heavy atom. The molecule has 18 heavy (non-hydrogen) atoms. The van der Waals surface area contributed by atoms with Gasteiger partial charge in [-0.05, 0) is 41.9 Å². The first-order valence-electron chi connectivity index (χ1n) is 5.74. The van der Waals surface area contributed by atoms with Gasteiger partial charge in [0.05, 0.1) is 22.3 Å². The lowest BCUT2D eigenvalue weighted by molar-refractivity contribution is 0.291. The summed E-state index contributed by atoms with van der Waals surface area (Å²) < 4.78 is 22.1. The number of aryl methyl sites for hydroxylation is 1. The van der Waals surface area contributed by atoms with Crippen LogP contribution in [-0.2, 0) is 6.54 Å². The minimum Gasteiger partial charge on any atom is -0.488 e. The zero-order chi connectivity index (χ0) is 12.9. The summed E-state index contributed by atoms with van der Waals surface area (Å²) in [6.07, 6.45) is 0. The van der Waals surface area contributed by atoms with Gasteiger partial charge in [0.2, 0.25) is 0 Å². The Labute approximate surface area is 113 Å². The molecule has 1 aromatic heterocycles. The van der Waals surface area contributed by atoms with Crippen LogP contribution < -0.4 is 4.74 Å². The predicted octanol–water partition coefficient (Wildman–Crippen LogP) is 3.46. The minimum atomic E-state index is -0.362. The number of fused-ring (bicyclic) bond motifs is 3. The summed E-state index contributed by atoms with van der Waals surface area (Å²) in [5.41, 5.74) is 2.79. The van der Waals surface area contributed by atoms with Crippen molar-refractivity contribution in [2.75, 3.05) is 6.61 Å². The van der Waals surface area contributed by atoms with Crippen LogP contribution in [0.5, 0.6) is 5.75 Å².